The predicted octanol–water partition coefficient (Wildman–Crippen LogP) is 6.23. The molecule has 1 saturated heterocycles. The third-order valence-corrected chi connectivity index (χ3v) is 9.72. The Labute approximate surface area is 308 Å². The normalized spacial score (nSPS) is 13.8. The molecular formula is C34H27Cl3N6O7S. The van der Waals surface area contributed by atoms with Gasteiger partial charge in [-0.25, -0.2) is 4.79 Å². The number of carbonyl (C=O) groups excluding carboxylic acids is 3. The Bertz CT molecular complexity index is 2440. The Morgan fingerprint density at radius 3 is 2.39 bits per heavy atom. The molecule has 1 N–H and O–H groups in total. The number of carbonyl (C=O) groups is 3. The van der Waals surface area contributed by atoms with E-state index in [2.05, 4.69) is 10.3 Å². The topological polar surface area (TPSA) is 147 Å². The number of amides is 3. The minimum absolute atomic E-state index is 0.0345. The highest BCUT2D eigenvalue weighted by Gasteiger charge is 2.36. The lowest BCUT2D eigenvalue weighted by Crippen LogP contribution is -2.37. The second-order valence-corrected chi connectivity index (χ2v) is 13.7. The van der Waals surface area contributed by atoms with Crippen molar-refractivity contribution in [2.75, 3.05) is 19.0 Å². The van der Waals surface area contributed by atoms with E-state index >= 15 is 0 Å². The van der Waals surface area contributed by atoms with Gasteiger partial charge >= 0.3 is 11.7 Å². The molecule has 1 aliphatic rings. The van der Waals surface area contributed by atoms with Gasteiger partial charge in [0.15, 0.2) is 22.7 Å². The Morgan fingerprint density at radius 1 is 0.941 bits per heavy atom. The number of aryl methyl sites for hydroxylation is 2. The van der Waals surface area contributed by atoms with E-state index in [1.165, 1.54) is 36.4 Å². The van der Waals surface area contributed by atoms with Crippen molar-refractivity contribution >= 4 is 86.5 Å². The number of halogens is 3. The Morgan fingerprint density at radius 2 is 1.67 bits per heavy atom. The molecule has 1 aliphatic heterocycles. The fraction of sp³-hybridized carbons (Fsp3) is 0.176. The van der Waals surface area contributed by atoms with E-state index in [4.69, 9.17) is 44.3 Å². The molecule has 0 radical (unpaired) electrons. The molecule has 0 spiro atoms. The van der Waals surface area contributed by atoms with Crippen LogP contribution in [-0.2, 0) is 30.2 Å². The first-order chi connectivity index (χ1) is 24.2. The zero-order valence-electron chi connectivity index (χ0n) is 27.3. The van der Waals surface area contributed by atoms with Crippen molar-refractivity contribution in [1.29, 1.82) is 0 Å². The SMILES string of the molecule is COc1cc(/C=C2\SC(=O)N(CC(=O)Nc3cc(Cl)ccc3C)C2=O)ccc1Oc1nc2c(c(=O)n(C)c(=O)n2C)n1Cc1ccc(Cl)cc1Cl. The maximum atomic E-state index is 13.4. The van der Waals surface area contributed by atoms with Crippen LogP contribution >= 0.6 is 46.6 Å². The van der Waals surface area contributed by atoms with Crippen LogP contribution in [0, 0.1) is 6.92 Å². The van der Waals surface area contributed by atoms with E-state index in [9.17, 15) is 24.0 Å². The average Bonchev–Trinajstić information content (AvgIpc) is 3.57. The van der Waals surface area contributed by atoms with Gasteiger partial charge in [-0.15, -0.1) is 0 Å². The van der Waals surface area contributed by atoms with Crippen molar-refractivity contribution in [3.8, 4) is 17.5 Å². The summed E-state index contributed by atoms with van der Waals surface area (Å²) in [6.07, 6.45) is 1.49. The summed E-state index contributed by atoms with van der Waals surface area (Å²) in [6, 6.07) is 14.7. The summed E-state index contributed by atoms with van der Waals surface area (Å²) in [7, 11) is 4.27. The molecule has 0 bridgehead atoms. The predicted molar refractivity (Wildman–Crippen MR) is 196 cm³/mol. The lowest BCUT2D eigenvalue weighted by molar-refractivity contribution is -0.127. The summed E-state index contributed by atoms with van der Waals surface area (Å²) >= 11 is 19.3. The van der Waals surface area contributed by atoms with Gasteiger partial charge in [0.1, 0.15) is 6.54 Å². The smallest absolute Gasteiger partial charge is 0.332 e. The van der Waals surface area contributed by atoms with E-state index in [0.29, 0.717) is 43.6 Å². The number of ether oxygens (including phenoxy) is 2. The van der Waals surface area contributed by atoms with Gasteiger partial charge in [-0.3, -0.25) is 37.8 Å². The number of imidazole rings is 1. The highest BCUT2D eigenvalue weighted by molar-refractivity contribution is 8.18. The van der Waals surface area contributed by atoms with E-state index < -0.39 is 34.8 Å². The molecule has 2 aromatic heterocycles. The minimum Gasteiger partial charge on any atom is -0.493 e. The van der Waals surface area contributed by atoms with Crippen LogP contribution in [0.4, 0.5) is 10.5 Å². The molecule has 3 heterocycles. The van der Waals surface area contributed by atoms with Crippen LogP contribution in [0.2, 0.25) is 15.1 Å². The second-order valence-electron chi connectivity index (χ2n) is 11.4. The number of benzene rings is 3. The van der Waals surface area contributed by atoms with Crippen molar-refractivity contribution in [2.45, 2.75) is 13.5 Å². The summed E-state index contributed by atoms with van der Waals surface area (Å²) in [5.41, 5.74) is 1.36. The van der Waals surface area contributed by atoms with Gasteiger partial charge in [-0.1, -0.05) is 53.0 Å². The molecule has 3 amide bonds. The third-order valence-electron chi connectivity index (χ3n) is 7.99. The van der Waals surface area contributed by atoms with Crippen LogP contribution in [-0.4, -0.2) is 54.3 Å². The van der Waals surface area contributed by atoms with Gasteiger partial charge in [0.2, 0.25) is 5.91 Å². The van der Waals surface area contributed by atoms with E-state index in [1.807, 2.05) is 0 Å². The number of hydrogen-bond donors (Lipinski definition) is 1. The zero-order valence-corrected chi connectivity index (χ0v) is 30.4. The van der Waals surface area contributed by atoms with Crippen molar-refractivity contribution in [3.05, 3.63) is 112 Å². The lowest BCUT2D eigenvalue weighted by Gasteiger charge is -2.14. The minimum atomic E-state index is -0.635. The Balaban J connectivity index is 1.28. The standard InChI is InChI=1S/C34H27Cl3N6O7S/c1-17-5-8-21(36)14-23(17)38-27(44)16-43-30(45)26(51-34(43)48)12-18-6-10-24(25(11-18)49-4)50-32-39-29-28(31(46)41(3)33(47)40(29)2)42(32)15-19-7-9-20(35)13-22(19)37/h5-14H,15-16H2,1-4H3,(H,38,44)/b26-12-. The van der Waals surface area contributed by atoms with Crippen LogP contribution in [0.15, 0.2) is 69.1 Å². The molecule has 5 aromatic rings. The maximum absolute atomic E-state index is 13.4. The van der Waals surface area contributed by atoms with Crippen molar-refractivity contribution in [3.63, 3.8) is 0 Å². The first-order valence-corrected chi connectivity index (χ1v) is 17.0. The molecule has 0 unspecified atom stereocenters. The Kier molecular flexibility index (Phi) is 10.0. The van der Waals surface area contributed by atoms with Crippen LogP contribution in [0.25, 0.3) is 17.2 Å². The molecular weight excluding hydrogens is 743 g/mol. The number of rotatable bonds is 9. The Hall–Kier alpha value is -5.02. The highest BCUT2D eigenvalue weighted by Crippen LogP contribution is 2.37. The fourth-order valence-electron chi connectivity index (χ4n) is 5.28. The summed E-state index contributed by atoms with van der Waals surface area (Å²) in [5, 5.41) is 3.29. The lowest BCUT2D eigenvalue weighted by atomic mass is 10.2. The number of methoxy groups -OCH3 is 1. The number of nitrogens with one attached hydrogen (secondary N) is 1. The van der Waals surface area contributed by atoms with E-state index in [1.54, 1.807) is 61.5 Å². The number of anilines is 1. The van der Waals surface area contributed by atoms with Crippen molar-refractivity contribution in [1.82, 2.24) is 23.6 Å². The number of thioether (sulfide) groups is 1. The van der Waals surface area contributed by atoms with E-state index in [0.717, 1.165) is 15.0 Å². The van der Waals surface area contributed by atoms with Gasteiger partial charge < -0.3 is 14.8 Å². The van der Waals surface area contributed by atoms with Crippen molar-refractivity contribution < 1.29 is 23.9 Å². The van der Waals surface area contributed by atoms with Gasteiger partial charge in [0.05, 0.1) is 18.6 Å². The molecule has 51 heavy (non-hydrogen) atoms. The fourth-order valence-corrected chi connectivity index (χ4v) is 6.76. The van der Waals surface area contributed by atoms with Gasteiger partial charge in [-0.05, 0) is 77.9 Å². The number of hydrogen-bond acceptors (Lipinski definition) is 9. The van der Waals surface area contributed by atoms with Gasteiger partial charge in [0, 0.05) is 34.9 Å². The number of nitrogens with zero attached hydrogens (tertiary/aromatic N) is 5. The zero-order chi connectivity index (χ0) is 36.7. The second kappa shape index (κ2) is 14.3. The summed E-state index contributed by atoms with van der Waals surface area (Å²) in [5.74, 6) is -0.779. The average molecular weight is 770 g/mol. The van der Waals surface area contributed by atoms with Crippen molar-refractivity contribution in [2.24, 2.45) is 14.1 Å². The molecule has 0 atom stereocenters. The monoisotopic (exact) mass is 768 g/mol. The first-order valence-electron chi connectivity index (χ1n) is 15.0. The number of imide groups is 1. The van der Waals surface area contributed by atoms with Crippen LogP contribution in [0.1, 0.15) is 16.7 Å². The molecule has 1 fully saturated rings. The molecule has 0 saturated carbocycles. The molecule has 6 rings (SSSR count). The summed E-state index contributed by atoms with van der Waals surface area (Å²) in [4.78, 5) is 70.2. The van der Waals surface area contributed by atoms with E-state index in [-0.39, 0.29) is 40.1 Å². The van der Waals surface area contributed by atoms with Gasteiger partial charge in [0.25, 0.3) is 16.7 Å². The number of aromatic nitrogens is 4. The number of fused-ring (bicyclic) bond motifs is 1. The van der Waals surface area contributed by atoms with Gasteiger partial charge in [-0.2, -0.15) is 4.98 Å². The maximum Gasteiger partial charge on any atom is 0.332 e. The molecule has 17 heteroatoms. The molecule has 3 aromatic carbocycles. The molecule has 262 valence electrons. The third kappa shape index (κ3) is 7.13. The summed E-state index contributed by atoms with van der Waals surface area (Å²) < 4.78 is 15.5. The summed E-state index contributed by atoms with van der Waals surface area (Å²) in [6.45, 7) is 1.35. The molecule has 13 nitrogen and oxygen atoms in total. The van der Waals surface area contributed by atoms with Crippen LogP contribution < -0.4 is 26.0 Å². The highest BCUT2D eigenvalue weighted by atomic mass is 35.5. The first kappa shape index (κ1) is 35.8. The molecule has 0 aliphatic carbocycles. The quantitative estimate of drug-likeness (QED) is 0.173. The largest absolute Gasteiger partial charge is 0.493 e. The van der Waals surface area contributed by atoms with Crippen LogP contribution in [0.3, 0.4) is 0 Å². The van der Waals surface area contributed by atoms with Crippen LogP contribution in [0.5, 0.6) is 17.5 Å².